The number of nitrogens with zero attached hydrogens (tertiary/aromatic N) is 4. The zero-order chi connectivity index (χ0) is 24.7. The summed E-state index contributed by atoms with van der Waals surface area (Å²) in [4.78, 5) is 33.9. The molecule has 182 valence electrons. The van der Waals surface area contributed by atoms with Crippen LogP contribution >= 0.6 is 0 Å². The molecule has 1 fully saturated rings. The first-order chi connectivity index (χ1) is 17.5. The van der Waals surface area contributed by atoms with Crippen LogP contribution in [0, 0.1) is 0 Å². The van der Waals surface area contributed by atoms with Gasteiger partial charge in [-0.3, -0.25) is 19.2 Å². The SMILES string of the molecule is O=C(c1cccc(-c2ccc3ncccc3c2)c1)N1CCC(O)(CN2CNn3cccc3C2=O)CC1. The van der Waals surface area contributed by atoms with Gasteiger partial charge in [0.1, 0.15) is 12.4 Å². The van der Waals surface area contributed by atoms with E-state index in [1.54, 1.807) is 32.9 Å². The number of fused-ring (bicyclic) bond motifs is 2. The van der Waals surface area contributed by atoms with Crippen molar-refractivity contribution in [2.75, 3.05) is 31.7 Å². The fraction of sp³-hybridized carbons (Fsp3) is 0.250. The molecule has 36 heavy (non-hydrogen) atoms. The molecule has 0 aliphatic carbocycles. The van der Waals surface area contributed by atoms with Crippen molar-refractivity contribution in [2.24, 2.45) is 0 Å². The maximum absolute atomic E-state index is 13.3. The van der Waals surface area contributed by atoms with Crippen molar-refractivity contribution in [3.63, 3.8) is 0 Å². The first kappa shape index (κ1) is 22.3. The fourth-order valence-electron chi connectivity index (χ4n) is 5.13. The smallest absolute Gasteiger partial charge is 0.273 e. The van der Waals surface area contributed by atoms with Crippen molar-refractivity contribution >= 4 is 22.7 Å². The second kappa shape index (κ2) is 8.80. The Balaban J connectivity index is 1.13. The van der Waals surface area contributed by atoms with Gasteiger partial charge in [0.15, 0.2) is 0 Å². The molecule has 2 aliphatic heterocycles. The standard InChI is InChI=1S/C28H27N5O3/c34-26(23-5-1-4-20(17-23)21-8-9-24-22(16-21)6-2-12-29-24)31-14-10-28(36,11-15-31)18-32-19-30-33-13-3-7-25(33)27(32)35/h1-9,12-13,16-17,30,36H,10-11,14-15,18-19H2. The van der Waals surface area contributed by atoms with Gasteiger partial charge in [0.05, 0.1) is 17.7 Å². The Morgan fingerprint density at radius 3 is 2.69 bits per heavy atom. The van der Waals surface area contributed by atoms with Crippen molar-refractivity contribution in [3.8, 4) is 11.1 Å². The summed E-state index contributed by atoms with van der Waals surface area (Å²) >= 11 is 0. The minimum atomic E-state index is -1.02. The van der Waals surface area contributed by atoms with Gasteiger partial charge >= 0.3 is 0 Å². The van der Waals surface area contributed by atoms with E-state index < -0.39 is 5.60 Å². The fourth-order valence-corrected chi connectivity index (χ4v) is 5.13. The van der Waals surface area contributed by atoms with Gasteiger partial charge in [0.2, 0.25) is 0 Å². The van der Waals surface area contributed by atoms with Gasteiger partial charge in [-0.15, -0.1) is 0 Å². The topological polar surface area (TPSA) is 90.7 Å². The number of aliphatic hydroxyl groups is 1. The number of carbonyl (C=O) groups is 2. The molecule has 0 unspecified atom stereocenters. The number of β-amino-alcohol motifs (C(OH)–C–C–N with tert-alkyl or cyclic N) is 1. The molecule has 2 aromatic carbocycles. The van der Waals surface area contributed by atoms with Crippen molar-refractivity contribution in [1.29, 1.82) is 0 Å². The number of nitrogens with one attached hydrogen (secondary N) is 1. The number of hydrogen-bond donors (Lipinski definition) is 2. The molecular weight excluding hydrogens is 454 g/mol. The van der Waals surface area contributed by atoms with Crippen LogP contribution in [0.25, 0.3) is 22.0 Å². The first-order valence-electron chi connectivity index (χ1n) is 12.2. The number of pyridine rings is 1. The number of aromatic nitrogens is 2. The Morgan fingerprint density at radius 1 is 1.00 bits per heavy atom. The summed E-state index contributed by atoms with van der Waals surface area (Å²) in [6.45, 7) is 1.45. The van der Waals surface area contributed by atoms with Gasteiger partial charge in [0.25, 0.3) is 11.8 Å². The molecule has 2 amide bonds. The van der Waals surface area contributed by atoms with Crippen LogP contribution in [0.2, 0.25) is 0 Å². The molecule has 6 rings (SSSR count). The van der Waals surface area contributed by atoms with Crippen LogP contribution in [0.1, 0.15) is 33.7 Å². The molecule has 2 aromatic heterocycles. The minimum Gasteiger partial charge on any atom is -0.388 e. The lowest BCUT2D eigenvalue weighted by molar-refractivity contribution is -0.0369. The summed E-state index contributed by atoms with van der Waals surface area (Å²) in [5.41, 5.74) is 6.25. The zero-order valence-corrected chi connectivity index (χ0v) is 19.8. The second-order valence-electron chi connectivity index (χ2n) is 9.59. The van der Waals surface area contributed by atoms with Crippen LogP contribution in [0.15, 0.2) is 79.1 Å². The third-order valence-corrected chi connectivity index (χ3v) is 7.20. The van der Waals surface area contributed by atoms with Gasteiger partial charge in [-0.1, -0.05) is 24.3 Å². The van der Waals surface area contributed by atoms with E-state index in [4.69, 9.17) is 0 Å². The predicted molar refractivity (Wildman–Crippen MR) is 137 cm³/mol. The van der Waals surface area contributed by atoms with E-state index in [0.29, 0.717) is 43.9 Å². The van der Waals surface area contributed by atoms with Crippen molar-refractivity contribution < 1.29 is 14.7 Å². The van der Waals surface area contributed by atoms with E-state index in [9.17, 15) is 14.7 Å². The summed E-state index contributed by atoms with van der Waals surface area (Å²) in [6.07, 6.45) is 4.41. The Kier molecular flexibility index (Phi) is 5.45. The van der Waals surface area contributed by atoms with E-state index in [-0.39, 0.29) is 18.4 Å². The summed E-state index contributed by atoms with van der Waals surface area (Å²) < 4.78 is 1.70. The molecule has 4 aromatic rings. The van der Waals surface area contributed by atoms with Crippen LogP contribution in [0.4, 0.5) is 0 Å². The maximum atomic E-state index is 13.3. The number of likely N-dealkylation sites (tertiary alicyclic amines) is 1. The van der Waals surface area contributed by atoms with Crippen LogP contribution in [-0.4, -0.2) is 68.3 Å². The largest absolute Gasteiger partial charge is 0.388 e. The molecule has 2 N–H and O–H groups in total. The number of rotatable bonds is 4. The van der Waals surface area contributed by atoms with Crippen molar-refractivity contribution in [3.05, 3.63) is 90.4 Å². The van der Waals surface area contributed by atoms with Gasteiger partial charge in [-0.2, -0.15) is 0 Å². The molecule has 0 bridgehead atoms. The normalized spacial score (nSPS) is 17.1. The third kappa shape index (κ3) is 4.09. The van der Waals surface area contributed by atoms with Gasteiger partial charge in [-0.05, 0) is 66.4 Å². The Hall–Kier alpha value is -4.17. The number of benzene rings is 2. The Morgan fingerprint density at radius 2 is 1.83 bits per heavy atom. The number of carbonyl (C=O) groups excluding carboxylic acids is 2. The van der Waals surface area contributed by atoms with Crippen LogP contribution in [0.5, 0.6) is 0 Å². The van der Waals surface area contributed by atoms with Gasteiger partial charge in [-0.25, -0.2) is 0 Å². The summed E-state index contributed by atoms with van der Waals surface area (Å²) in [5.74, 6) is -0.151. The molecule has 2 aliphatic rings. The zero-order valence-electron chi connectivity index (χ0n) is 19.8. The lowest BCUT2D eigenvalue weighted by Crippen LogP contribution is -2.56. The third-order valence-electron chi connectivity index (χ3n) is 7.20. The predicted octanol–water partition coefficient (Wildman–Crippen LogP) is 3.33. The van der Waals surface area contributed by atoms with Gasteiger partial charge in [0, 0.05) is 36.4 Å². The molecule has 8 heteroatoms. The Bertz CT molecular complexity index is 1450. The molecule has 0 saturated carbocycles. The molecule has 1 saturated heterocycles. The van der Waals surface area contributed by atoms with E-state index in [2.05, 4.69) is 16.5 Å². The van der Waals surface area contributed by atoms with Crippen LogP contribution < -0.4 is 5.43 Å². The van der Waals surface area contributed by atoms with E-state index >= 15 is 0 Å². The highest BCUT2D eigenvalue weighted by molar-refractivity contribution is 5.96. The van der Waals surface area contributed by atoms with Crippen molar-refractivity contribution in [2.45, 2.75) is 18.4 Å². The molecular formula is C28H27N5O3. The number of piperidine rings is 1. The minimum absolute atomic E-state index is 0.0464. The molecule has 4 heterocycles. The van der Waals surface area contributed by atoms with Crippen LogP contribution in [0.3, 0.4) is 0 Å². The molecule has 0 spiro atoms. The van der Waals surface area contributed by atoms with E-state index in [0.717, 1.165) is 22.0 Å². The number of amides is 2. The van der Waals surface area contributed by atoms with E-state index in [1.165, 1.54) is 0 Å². The highest BCUT2D eigenvalue weighted by Gasteiger charge is 2.38. The molecule has 8 nitrogen and oxygen atoms in total. The molecule has 0 atom stereocenters. The summed E-state index contributed by atoms with van der Waals surface area (Å²) in [5, 5.41) is 12.3. The highest BCUT2D eigenvalue weighted by atomic mass is 16.3. The average Bonchev–Trinajstić information content (AvgIpc) is 3.40. The summed E-state index contributed by atoms with van der Waals surface area (Å²) in [6, 6.07) is 21.3. The lowest BCUT2D eigenvalue weighted by atomic mass is 9.90. The lowest BCUT2D eigenvalue weighted by Gasteiger charge is -2.42. The Labute approximate surface area is 208 Å². The first-order valence-corrected chi connectivity index (χ1v) is 12.2. The monoisotopic (exact) mass is 481 g/mol. The quantitative estimate of drug-likeness (QED) is 0.467. The second-order valence-corrected chi connectivity index (χ2v) is 9.59. The van der Waals surface area contributed by atoms with Gasteiger partial charge < -0.3 is 20.3 Å². The average molecular weight is 482 g/mol. The van der Waals surface area contributed by atoms with E-state index in [1.807, 2.05) is 54.6 Å². The van der Waals surface area contributed by atoms with Crippen molar-refractivity contribution in [1.82, 2.24) is 19.5 Å². The highest BCUT2D eigenvalue weighted by Crippen LogP contribution is 2.28. The van der Waals surface area contributed by atoms with Crippen LogP contribution in [-0.2, 0) is 0 Å². The molecule has 0 radical (unpaired) electrons. The maximum Gasteiger partial charge on any atom is 0.273 e. The summed E-state index contributed by atoms with van der Waals surface area (Å²) in [7, 11) is 0. The number of hydrogen-bond acceptors (Lipinski definition) is 5.